The van der Waals surface area contributed by atoms with Gasteiger partial charge in [-0.3, -0.25) is 4.79 Å². The second-order valence-electron chi connectivity index (χ2n) is 8.72. The summed E-state index contributed by atoms with van der Waals surface area (Å²) in [6, 6.07) is 20.0. The van der Waals surface area contributed by atoms with Crippen LogP contribution in [0.5, 0.6) is 0 Å². The van der Waals surface area contributed by atoms with Crippen LogP contribution < -0.4 is 10.6 Å². The van der Waals surface area contributed by atoms with E-state index in [0.29, 0.717) is 30.1 Å². The molecule has 8 heteroatoms. The van der Waals surface area contributed by atoms with Crippen molar-refractivity contribution in [2.75, 3.05) is 36.8 Å². The van der Waals surface area contributed by atoms with Gasteiger partial charge in [-0.2, -0.15) is 0 Å². The molecule has 0 radical (unpaired) electrons. The largest absolute Gasteiger partial charge is 0.384 e. The topological polar surface area (TPSA) is 107 Å². The number of aromatic nitrogens is 4. The van der Waals surface area contributed by atoms with Crippen molar-refractivity contribution in [1.29, 1.82) is 0 Å². The number of nitrogens with two attached hydrogens (primary N) is 1. The number of imidazole rings is 1. The van der Waals surface area contributed by atoms with Gasteiger partial charge in [-0.25, -0.2) is 9.97 Å². The fourth-order valence-corrected chi connectivity index (χ4v) is 4.74. The number of amides is 1. The number of fused-ring (bicyclic) bond motifs is 2. The van der Waals surface area contributed by atoms with Crippen molar-refractivity contribution in [3.05, 3.63) is 72.1 Å². The molecule has 34 heavy (non-hydrogen) atoms. The van der Waals surface area contributed by atoms with Crippen molar-refractivity contribution < 1.29 is 4.79 Å². The van der Waals surface area contributed by atoms with Crippen molar-refractivity contribution in [3.8, 4) is 11.3 Å². The van der Waals surface area contributed by atoms with Crippen molar-refractivity contribution >= 4 is 39.5 Å². The molecule has 4 N–H and O–H groups in total. The molecule has 6 rings (SSSR count). The molecule has 4 heterocycles. The number of hydrogen-bond acceptors (Lipinski definition) is 5. The van der Waals surface area contributed by atoms with Crippen LogP contribution in [0.25, 0.3) is 33.3 Å². The second-order valence-corrected chi connectivity index (χ2v) is 8.72. The normalized spacial score (nSPS) is 14.3. The molecule has 170 valence electrons. The van der Waals surface area contributed by atoms with E-state index in [1.165, 1.54) is 5.69 Å². The number of carbonyl (C=O) groups is 1. The van der Waals surface area contributed by atoms with Gasteiger partial charge in [0.05, 0.1) is 5.52 Å². The van der Waals surface area contributed by atoms with Gasteiger partial charge in [0, 0.05) is 59.6 Å². The van der Waals surface area contributed by atoms with Gasteiger partial charge < -0.3 is 25.5 Å². The maximum absolute atomic E-state index is 13.2. The van der Waals surface area contributed by atoms with E-state index < -0.39 is 0 Å². The Morgan fingerprint density at radius 2 is 1.74 bits per heavy atom. The van der Waals surface area contributed by atoms with Crippen molar-refractivity contribution in [2.45, 2.75) is 6.92 Å². The lowest BCUT2D eigenvalue weighted by atomic mass is 10.1. The number of pyridine rings is 1. The average Bonchev–Trinajstić information content (AvgIpc) is 3.45. The average molecular weight is 452 g/mol. The summed E-state index contributed by atoms with van der Waals surface area (Å²) in [5.41, 5.74) is 12.1. The number of anilines is 2. The second kappa shape index (κ2) is 7.91. The number of nitrogens with zero attached hydrogens (tertiary/aromatic N) is 4. The van der Waals surface area contributed by atoms with Crippen molar-refractivity contribution in [1.82, 2.24) is 24.8 Å². The van der Waals surface area contributed by atoms with Crippen LogP contribution in [0.1, 0.15) is 16.2 Å². The van der Waals surface area contributed by atoms with Gasteiger partial charge in [-0.15, -0.1) is 0 Å². The molecule has 0 atom stereocenters. The smallest absolute Gasteiger partial charge is 0.253 e. The summed E-state index contributed by atoms with van der Waals surface area (Å²) >= 11 is 0. The number of carbonyl (C=O) groups excluding carboxylic acids is 1. The Kier molecular flexibility index (Phi) is 4.72. The zero-order chi connectivity index (χ0) is 23.2. The number of nitrogens with one attached hydrogen (secondary N) is 2. The summed E-state index contributed by atoms with van der Waals surface area (Å²) in [7, 11) is 0. The number of benzene rings is 2. The number of H-pyrrole nitrogens is 2. The standard InChI is InChI=1S/C26H25N7O/c1-16-28-24-20(15-23(27)31-25(24)29-16)22-14-18-13-17(7-8-21(18)30-22)26(34)33-11-9-32(10-12-33)19-5-3-2-4-6-19/h2-8,13-15,30H,9-12H2,1H3,(H3,27,28,29,31). The van der Waals surface area contributed by atoms with Crippen molar-refractivity contribution in [2.24, 2.45) is 0 Å². The third-order valence-corrected chi connectivity index (χ3v) is 6.45. The molecular formula is C26H25N7O. The molecule has 0 bridgehead atoms. The Morgan fingerprint density at radius 3 is 2.53 bits per heavy atom. The Hall–Kier alpha value is -4.33. The molecule has 5 aromatic rings. The van der Waals surface area contributed by atoms with Crippen LogP contribution >= 0.6 is 0 Å². The maximum atomic E-state index is 13.2. The van der Waals surface area contributed by atoms with E-state index >= 15 is 0 Å². The van der Waals surface area contributed by atoms with Crippen LogP contribution in [0.2, 0.25) is 0 Å². The first kappa shape index (κ1) is 20.3. The third-order valence-electron chi connectivity index (χ3n) is 6.45. The van der Waals surface area contributed by atoms with E-state index in [-0.39, 0.29) is 5.91 Å². The highest BCUT2D eigenvalue weighted by atomic mass is 16.2. The van der Waals surface area contributed by atoms with E-state index in [2.05, 4.69) is 37.0 Å². The lowest BCUT2D eigenvalue weighted by Crippen LogP contribution is -2.48. The van der Waals surface area contributed by atoms with Crippen LogP contribution in [0.15, 0.2) is 60.7 Å². The minimum absolute atomic E-state index is 0.0668. The number of nitrogen functional groups attached to an aromatic ring is 1. The van der Waals surface area contributed by atoms with Gasteiger partial charge in [0.25, 0.3) is 5.91 Å². The summed E-state index contributed by atoms with van der Waals surface area (Å²) < 4.78 is 0. The summed E-state index contributed by atoms with van der Waals surface area (Å²) in [5.74, 6) is 1.26. The van der Waals surface area contributed by atoms with E-state index in [1.54, 1.807) is 0 Å². The number of hydrogen-bond donors (Lipinski definition) is 3. The minimum Gasteiger partial charge on any atom is -0.384 e. The van der Waals surface area contributed by atoms with Crippen LogP contribution in [-0.4, -0.2) is 56.9 Å². The monoisotopic (exact) mass is 451 g/mol. The SMILES string of the molecule is Cc1nc2nc(N)cc(-c3cc4cc(C(=O)N5CCN(c6ccccc6)CC5)ccc4[nH]3)c2[nH]1. The fraction of sp³-hybridized carbons (Fsp3) is 0.192. The molecule has 8 nitrogen and oxygen atoms in total. The van der Waals surface area contributed by atoms with Crippen LogP contribution in [0, 0.1) is 6.92 Å². The lowest BCUT2D eigenvalue weighted by Gasteiger charge is -2.36. The molecule has 0 aliphatic carbocycles. The number of para-hydroxylation sites is 1. The summed E-state index contributed by atoms with van der Waals surface area (Å²) in [6.07, 6.45) is 0. The molecule has 2 aromatic carbocycles. The number of piperazine rings is 1. The molecular weight excluding hydrogens is 426 g/mol. The van der Waals surface area contributed by atoms with Crippen molar-refractivity contribution in [3.63, 3.8) is 0 Å². The third kappa shape index (κ3) is 3.53. The lowest BCUT2D eigenvalue weighted by molar-refractivity contribution is 0.0747. The minimum atomic E-state index is 0.0668. The Morgan fingerprint density at radius 1 is 0.941 bits per heavy atom. The molecule has 1 fully saturated rings. The van der Waals surface area contributed by atoms with Crippen LogP contribution in [0.3, 0.4) is 0 Å². The van der Waals surface area contributed by atoms with E-state index in [4.69, 9.17) is 5.73 Å². The molecule has 0 unspecified atom stereocenters. The first-order valence-electron chi connectivity index (χ1n) is 11.4. The van der Waals surface area contributed by atoms with Gasteiger partial charge in [0.1, 0.15) is 11.6 Å². The first-order valence-corrected chi connectivity index (χ1v) is 11.4. The highest BCUT2D eigenvalue weighted by molar-refractivity contribution is 6.00. The fourth-order valence-electron chi connectivity index (χ4n) is 4.74. The van der Waals surface area contributed by atoms with Crippen LogP contribution in [-0.2, 0) is 0 Å². The number of aryl methyl sites for hydroxylation is 1. The molecule has 1 saturated heterocycles. The first-order chi connectivity index (χ1) is 16.5. The van der Waals surface area contributed by atoms with Crippen LogP contribution in [0.4, 0.5) is 11.5 Å². The molecule has 0 spiro atoms. The molecule has 1 aliphatic heterocycles. The molecule has 3 aromatic heterocycles. The summed E-state index contributed by atoms with van der Waals surface area (Å²) in [6.45, 7) is 4.96. The highest BCUT2D eigenvalue weighted by Gasteiger charge is 2.23. The molecule has 1 aliphatic rings. The Bertz CT molecular complexity index is 1510. The highest BCUT2D eigenvalue weighted by Crippen LogP contribution is 2.31. The van der Waals surface area contributed by atoms with Gasteiger partial charge in [-0.1, -0.05) is 18.2 Å². The van der Waals surface area contributed by atoms with Gasteiger partial charge in [0.15, 0.2) is 5.65 Å². The van der Waals surface area contributed by atoms with Gasteiger partial charge in [0.2, 0.25) is 0 Å². The maximum Gasteiger partial charge on any atom is 0.253 e. The summed E-state index contributed by atoms with van der Waals surface area (Å²) in [4.78, 5) is 33.0. The van der Waals surface area contributed by atoms with Gasteiger partial charge >= 0.3 is 0 Å². The van der Waals surface area contributed by atoms with E-state index in [1.807, 2.05) is 60.4 Å². The predicted octanol–water partition coefficient (Wildman–Crippen LogP) is 3.96. The predicted molar refractivity (Wildman–Crippen MR) is 135 cm³/mol. The number of aromatic amines is 2. The summed E-state index contributed by atoms with van der Waals surface area (Å²) in [5, 5.41) is 0.976. The van der Waals surface area contributed by atoms with E-state index in [9.17, 15) is 4.79 Å². The van der Waals surface area contributed by atoms with Gasteiger partial charge in [-0.05, 0) is 49.4 Å². The Balaban J connectivity index is 1.26. The van der Waals surface area contributed by atoms with E-state index in [0.717, 1.165) is 46.6 Å². The zero-order valence-corrected chi connectivity index (χ0v) is 18.9. The quantitative estimate of drug-likeness (QED) is 0.385. The molecule has 1 amide bonds. The number of rotatable bonds is 3. The zero-order valence-electron chi connectivity index (χ0n) is 18.9. The molecule has 0 saturated carbocycles. The Labute approximate surface area is 196 Å².